The number of carbonyl (C=O) groups is 1. The minimum atomic E-state index is -4.95. The molecular formula is C25H35N2Na2O7PS. The van der Waals surface area contributed by atoms with Gasteiger partial charge in [-0.15, -0.1) is 11.3 Å². The van der Waals surface area contributed by atoms with Crippen molar-refractivity contribution < 1.29 is 95.9 Å². The summed E-state index contributed by atoms with van der Waals surface area (Å²) in [6.45, 7) is 3.80. The van der Waals surface area contributed by atoms with Crippen molar-refractivity contribution in [1.82, 2.24) is 4.98 Å². The fourth-order valence-electron chi connectivity index (χ4n) is 7.39. The molecule has 0 spiro atoms. The Bertz CT molecular complexity index is 1240. The predicted molar refractivity (Wildman–Crippen MR) is 137 cm³/mol. The van der Waals surface area contributed by atoms with Gasteiger partial charge < -0.3 is 28.2 Å². The molecule has 6 atom stereocenters. The molecule has 1 amide bonds. The first-order chi connectivity index (χ1) is 16.9. The van der Waals surface area contributed by atoms with Gasteiger partial charge >= 0.3 is 66.9 Å². The third-order valence-electron chi connectivity index (χ3n) is 8.78. The number of phosphoric acid groups is 1. The molecule has 2 aromatic rings. The molecule has 3 aliphatic carbocycles. The molecule has 0 radical (unpaired) electrons. The summed E-state index contributed by atoms with van der Waals surface area (Å²) in [5, 5.41) is 24.9. The van der Waals surface area contributed by atoms with Gasteiger partial charge in [0.2, 0.25) is 5.91 Å². The summed E-state index contributed by atoms with van der Waals surface area (Å²) in [5.41, 5.74) is 1.47. The summed E-state index contributed by atoms with van der Waals surface area (Å²) in [6.07, 6.45) is 5.36. The van der Waals surface area contributed by atoms with Gasteiger partial charge in [0.15, 0.2) is 10.9 Å². The summed E-state index contributed by atoms with van der Waals surface area (Å²) in [5.74, 6) is -1.74. The Kier molecular flexibility index (Phi) is 10.5. The van der Waals surface area contributed by atoms with Gasteiger partial charge in [0, 0.05) is 29.3 Å². The first-order valence-corrected chi connectivity index (χ1v) is 14.8. The number of aromatic nitrogens is 1. The smallest absolute Gasteiger partial charge is 1.00 e. The molecule has 1 aromatic heterocycles. The number of hydrogen-bond donors (Lipinski definition) is 5. The molecule has 13 heteroatoms. The molecule has 5 N–H and O–H groups in total. The summed E-state index contributed by atoms with van der Waals surface area (Å²) in [4.78, 5) is 37.2. The van der Waals surface area contributed by atoms with Gasteiger partial charge in [0.05, 0.1) is 0 Å². The van der Waals surface area contributed by atoms with Crippen molar-refractivity contribution >= 4 is 30.2 Å². The molecule has 3 aliphatic rings. The maximum atomic E-state index is 12.7. The number of fused-ring (bicyclic) bond motifs is 5. The zero-order valence-corrected chi connectivity index (χ0v) is 28.1. The fraction of sp³-hybridized carbons (Fsp3) is 0.600. The molecule has 38 heavy (non-hydrogen) atoms. The Hall–Kier alpha value is 0.190. The van der Waals surface area contributed by atoms with E-state index in [0.717, 1.165) is 29.7 Å². The van der Waals surface area contributed by atoms with E-state index in [1.54, 1.807) is 12.3 Å². The van der Waals surface area contributed by atoms with Crippen LogP contribution in [0.2, 0.25) is 0 Å². The van der Waals surface area contributed by atoms with Crippen LogP contribution in [0.5, 0.6) is 5.75 Å². The van der Waals surface area contributed by atoms with Crippen molar-refractivity contribution in [3.8, 4) is 5.75 Å². The topological polar surface area (TPSA) is 149 Å². The monoisotopic (exact) mass is 584 g/mol. The van der Waals surface area contributed by atoms with E-state index in [2.05, 4.69) is 10.3 Å². The van der Waals surface area contributed by atoms with Crippen LogP contribution in [0.15, 0.2) is 24.4 Å². The molecule has 0 saturated heterocycles. The third kappa shape index (κ3) is 6.32. The maximum absolute atomic E-state index is 12.7. The van der Waals surface area contributed by atoms with E-state index in [4.69, 9.17) is 4.52 Å². The number of phenols is 1. The van der Waals surface area contributed by atoms with Crippen molar-refractivity contribution in [2.75, 3.05) is 5.32 Å². The van der Waals surface area contributed by atoms with E-state index >= 15 is 0 Å². The second kappa shape index (κ2) is 12.2. The zero-order valence-electron chi connectivity index (χ0n) is 24.4. The first-order valence-electron chi connectivity index (χ1n) is 12.4. The van der Waals surface area contributed by atoms with Gasteiger partial charge in [-0.05, 0) is 86.0 Å². The number of anilines is 1. The van der Waals surface area contributed by atoms with Crippen LogP contribution in [-0.4, -0.2) is 36.7 Å². The van der Waals surface area contributed by atoms with Crippen LogP contribution in [0.25, 0.3) is 0 Å². The van der Waals surface area contributed by atoms with E-state index < -0.39 is 19.0 Å². The molecule has 0 bridgehead atoms. The number of carbonyl (C=O) groups excluding carboxylic acids is 1. The summed E-state index contributed by atoms with van der Waals surface area (Å²) in [6, 6.07) is 5.51. The largest absolute Gasteiger partial charge is 1.00 e. The van der Waals surface area contributed by atoms with Gasteiger partial charge in [0.25, 0.3) is 0 Å². The van der Waals surface area contributed by atoms with Crippen LogP contribution in [0.4, 0.5) is 5.13 Å². The Labute approximate surface area is 274 Å². The van der Waals surface area contributed by atoms with Gasteiger partial charge in [-0.2, -0.15) is 0 Å². The summed E-state index contributed by atoms with van der Waals surface area (Å²) in [7, 11) is -4.95. The summed E-state index contributed by atoms with van der Waals surface area (Å²) >= 11 is 1.40. The van der Waals surface area contributed by atoms with Crippen LogP contribution >= 0.6 is 19.2 Å². The zero-order chi connectivity index (χ0) is 25.9. The van der Waals surface area contributed by atoms with Gasteiger partial charge in [-0.1, -0.05) is 13.0 Å². The van der Waals surface area contributed by atoms with Crippen LogP contribution in [0.3, 0.4) is 0 Å². The molecule has 5 rings (SSSR count). The van der Waals surface area contributed by atoms with Crippen molar-refractivity contribution in [1.29, 1.82) is 0 Å². The van der Waals surface area contributed by atoms with Crippen LogP contribution in [0, 0.1) is 30.1 Å². The number of phenolic OH excluding ortho intramolecular Hbond substituents is 1. The number of thiazole rings is 1. The van der Waals surface area contributed by atoms with Crippen molar-refractivity contribution in [3.63, 3.8) is 0 Å². The number of aliphatic hydroxyl groups is 1. The first kappa shape index (κ1) is 32.7. The minimum absolute atomic E-state index is 0. The van der Waals surface area contributed by atoms with Crippen LogP contribution in [0.1, 0.15) is 70.2 Å². The molecule has 3 unspecified atom stereocenters. The molecule has 9 nitrogen and oxygen atoms in total. The SMILES string of the molecule is Cc1cnc(NC(=O)CC[C@@H]2C[C@](O)(OP(=O)(O)O)[C@@]3(C)CCC4c5ccc(O)cc5CCC4C23)s1.[H-].[H-].[Na+].[Na+]. The minimum Gasteiger partial charge on any atom is -1.00 e. The Morgan fingerprint density at radius 1 is 1.32 bits per heavy atom. The van der Waals surface area contributed by atoms with E-state index in [-0.39, 0.29) is 110 Å². The average Bonchev–Trinajstić information content (AvgIpc) is 3.28. The van der Waals surface area contributed by atoms with Gasteiger partial charge in [-0.25, -0.2) is 9.55 Å². The van der Waals surface area contributed by atoms with Crippen molar-refractivity contribution in [2.45, 2.75) is 70.5 Å². The maximum Gasteiger partial charge on any atom is 1.00 e. The fourth-order valence-corrected chi connectivity index (χ4v) is 8.75. The number of hydrogen-bond acceptors (Lipinski definition) is 7. The Morgan fingerprint density at radius 2 is 2.05 bits per heavy atom. The molecule has 1 aromatic carbocycles. The average molecular weight is 585 g/mol. The van der Waals surface area contributed by atoms with Crippen molar-refractivity contribution in [2.24, 2.45) is 23.2 Å². The second-order valence-corrected chi connectivity index (χ2v) is 13.3. The molecule has 2 fully saturated rings. The van der Waals surface area contributed by atoms with E-state index in [1.165, 1.54) is 16.9 Å². The third-order valence-corrected chi connectivity index (χ3v) is 10.1. The predicted octanol–water partition coefficient (Wildman–Crippen LogP) is -1.31. The van der Waals surface area contributed by atoms with Crippen molar-refractivity contribution in [3.05, 3.63) is 40.4 Å². The Morgan fingerprint density at radius 3 is 2.71 bits per heavy atom. The molecule has 200 valence electrons. The Balaban J connectivity index is 0.00000200. The van der Waals surface area contributed by atoms with E-state index in [1.807, 2.05) is 26.0 Å². The van der Waals surface area contributed by atoms with E-state index in [9.17, 15) is 29.4 Å². The summed E-state index contributed by atoms with van der Waals surface area (Å²) < 4.78 is 17.0. The molecule has 0 aliphatic heterocycles. The van der Waals surface area contributed by atoms with Crippen LogP contribution < -0.4 is 64.4 Å². The molecule has 2 saturated carbocycles. The number of aryl methyl sites for hydroxylation is 2. The molecular weight excluding hydrogens is 549 g/mol. The van der Waals surface area contributed by atoms with E-state index in [0.29, 0.717) is 18.0 Å². The second-order valence-electron chi connectivity index (χ2n) is 10.9. The number of phosphoric ester groups is 1. The van der Waals surface area contributed by atoms with Crippen LogP contribution in [-0.2, 0) is 20.3 Å². The molecule has 1 heterocycles. The van der Waals surface area contributed by atoms with Gasteiger partial charge in [0.1, 0.15) is 5.75 Å². The number of benzene rings is 1. The number of nitrogens with zero attached hydrogens (tertiary/aromatic N) is 1. The number of amides is 1. The standard InChI is InChI=1S/C25H33N2O7PS.2Na.2H/c1-14-13-26-23(36-14)27-21(29)8-4-16-12-25(30,34-35(31,32)33)24(2)10-9-19-18-7-5-17(28)11-15(18)3-6-20(19)22(16)24;;;;/h5,7,11,13,16,19-20,22,28,30H,3-4,6,8-10,12H2,1-2H3,(H,26,27,29)(H2,31,32,33);;;;/q;2*+1;2*-1/t16-,19?,20?,22?,24+,25+;;;;/m1..../s1. The normalized spacial score (nSPS) is 31.7. The number of nitrogens with one attached hydrogen (secondary N) is 1. The number of aromatic hydroxyl groups is 1. The number of rotatable bonds is 6. The van der Waals surface area contributed by atoms with Gasteiger partial charge in [-0.3, -0.25) is 9.32 Å². The quantitative estimate of drug-likeness (QED) is 0.160.